The Bertz CT molecular complexity index is 971. The Morgan fingerprint density at radius 3 is 2.18 bits per heavy atom. The average Bonchev–Trinajstić information content (AvgIpc) is 2.70. The minimum Gasteiger partial charge on any atom is -0.508 e. The van der Waals surface area contributed by atoms with E-state index in [9.17, 15) is 34.8 Å². The second kappa shape index (κ2) is 7.90. The number of amides is 1. The van der Waals surface area contributed by atoms with Crippen LogP contribution >= 0.6 is 0 Å². The molecule has 0 aromatic rings. The number of allylic oxidation sites excluding steroid dienone is 1. The number of nitrogens with zero attached hydrogens (tertiary/aromatic N) is 2. The van der Waals surface area contributed by atoms with Crippen molar-refractivity contribution in [3.8, 4) is 0 Å². The molecule has 2 fully saturated rings. The monoisotopic (exact) mass is 463 g/mol. The SMILES string of the molecule is CN(C)[C@@H]1C(=O)C(C(N)=O)=C(O)[C@@]2(O)C(O)=C3C(=O)[C@@H]4[C@@H](C[C@H]3C[C@@H]12)[C@@H](N(C)C)CC[C@@H]4O. The summed E-state index contributed by atoms with van der Waals surface area (Å²) in [6.45, 7) is 0. The van der Waals surface area contributed by atoms with Crippen LogP contribution in [0.2, 0.25) is 0 Å². The predicted octanol–water partition coefficient (Wildman–Crippen LogP) is -0.734. The molecule has 6 N–H and O–H groups in total. The number of aliphatic hydroxyl groups is 4. The van der Waals surface area contributed by atoms with E-state index in [4.69, 9.17) is 5.73 Å². The van der Waals surface area contributed by atoms with E-state index in [1.54, 1.807) is 14.1 Å². The first-order chi connectivity index (χ1) is 15.3. The van der Waals surface area contributed by atoms with Crippen LogP contribution in [-0.2, 0) is 14.4 Å². The lowest BCUT2D eigenvalue weighted by atomic mass is 9.54. The number of hydrogen-bond acceptors (Lipinski definition) is 9. The molecule has 0 heterocycles. The van der Waals surface area contributed by atoms with Gasteiger partial charge >= 0.3 is 0 Å². The summed E-state index contributed by atoms with van der Waals surface area (Å²) in [4.78, 5) is 42.3. The molecule has 10 nitrogen and oxygen atoms in total. The maximum absolute atomic E-state index is 13.6. The Kier molecular flexibility index (Phi) is 5.72. The molecule has 8 atom stereocenters. The number of hydrogen-bond donors (Lipinski definition) is 5. The van der Waals surface area contributed by atoms with Gasteiger partial charge in [-0.05, 0) is 65.7 Å². The number of aliphatic hydroxyl groups excluding tert-OH is 3. The van der Waals surface area contributed by atoms with Crippen molar-refractivity contribution in [2.45, 2.75) is 49.5 Å². The Morgan fingerprint density at radius 1 is 1.00 bits per heavy atom. The number of Topliss-reactive ketones (excluding diaryl/α,β-unsaturated/α-hetero) is 2. The van der Waals surface area contributed by atoms with Gasteiger partial charge in [0, 0.05) is 17.5 Å². The van der Waals surface area contributed by atoms with Crippen molar-refractivity contribution < 1.29 is 34.8 Å². The lowest BCUT2D eigenvalue weighted by Gasteiger charge is -2.54. The molecule has 0 radical (unpaired) electrons. The van der Waals surface area contributed by atoms with Gasteiger partial charge < -0.3 is 31.1 Å². The maximum atomic E-state index is 13.6. The van der Waals surface area contributed by atoms with Crippen LogP contribution < -0.4 is 5.73 Å². The number of nitrogens with two attached hydrogens (primary N) is 1. The highest BCUT2D eigenvalue weighted by atomic mass is 16.4. The highest BCUT2D eigenvalue weighted by Gasteiger charge is 2.64. The van der Waals surface area contributed by atoms with Gasteiger partial charge in [-0.25, -0.2) is 0 Å². The lowest BCUT2D eigenvalue weighted by Crippen LogP contribution is -2.64. The third kappa shape index (κ3) is 3.18. The summed E-state index contributed by atoms with van der Waals surface area (Å²) in [6.07, 6.45) is 0.934. The minimum atomic E-state index is -2.50. The van der Waals surface area contributed by atoms with Gasteiger partial charge in [-0.1, -0.05) is 0 Å². The van der Waals surface area contributed by atoms with Gasteiger partial charge in [-0.3, -0.25) is 19.3 Å². The summed E-state index contributed by atoms with van der Waals surface area (Å²) in [5.41, 5.74) is 2.03. The maximum Gasteiger partial charge on any atom is 0.255 e. The van der Waals surface area contributed by atoms with Crippen molar-refractivity contribution in [3.05, 3.63) is 22.7 Å². The summed E-state index contributed by atoms with van der Waals surface area (Å²) >= 11 is 0. The number of carbonyl (C=O) groups excluding carboxylic acids is 3. The van der Waals surface area contributed by atoms with Gasteiger partial charge in [-0.15, -0.1) is 0 Å². The number of fused-ring (bicyclic) bond motifs is 3. The van der Waals surface area contributed by atoms with Crippen molar-refractivity contribution in [1.82, 2.24) is 9.80 Å². The zero-order valence-corrected chi connectivity index (χ0v) is 19.4. The van der Waals surface area contributed by atoms with Crippen LogP contribution in [0, 0.1) is 23.7 Å². The van der Waals surface area contributed by atoms with Crippen LogP contribution in [0.1, 0.15) is 25.7 Å². The second-order valence-electron chi connectivity index (χ2n) is 10.4. The van der Waals surface area contributed by atoms with Gasteiger partial charge in [0.1, 0.15) is 17.1 Å². The summed E-state index contributed by atoms with van der Waals surface area (Å²) in [5, 5.41) is 44.4. The van der Waals surface area contributed by atoms with E-state index >= 15 is 0 Å². The summed E-state index contributed by atoms with van der Waals surface area (Å²) in [7, 11) is 7.06. The van der Waals surface area contributed by atoms with Crippen LogP contribution in [0.4, 0.5) is 0 Å². The fraction of sp³-hybridized carbons (Fsp3) is 0.696. The van der Waals surface area contributed by atoms with E-state index < -0.39 is 70.1 Å². The molecule has 1 amide bonds. The molecule has 4 aliphatic rings. The zero-order valence-electron chi connectivity index (χ0n) is 19.4. The first kappa shape index (κ1) is 23.9. The van der Waals surface area contributed by atoms with E-state index in [-0.39, 0.29) is 24.0 Å². The second-order valence-corrected chi connectivity index (χ2v) is 10.4. The summed E-state index contributed by atoms with van der Waals surface area (Å²) in [6, 6.07) is -0.967. The molecule has 0 aromatic carbocycles. The molecule has 10 heteroatoms. The molecule has 2 saturated carbocycles. The van der Waals surface area contributed by atoms with Crippen molar-refractivity contribution in [2.24, 2.45) is 29.4 Å². The van der Waals surface area contributed by atoms with Crippen molar-refractivity contribution in [2.75, 3.05) is 28.2 Å². The molecule has 182 valence electrons. The first-order valence-corrected chi connectivity index (χ1v) is 11.3. The minimum absolute atomic E-state index is 0.0318. The predicted molar refractivity (Wildman–Crippen MR) is 117 cm³/mol. The van der Waals surface area contributed by atoms with Gasteiger partial charge in [0.05, 0.1) is 18.1 Å². The van der Waals surface area contributed by atoms with Crippen LogP contribution in [0.15, 0.2) is 22.7 Å². The fourth-order valence-corrected chi connectivity index (χ4v) is 6.90. The molecule has 0 saturated heterocycles. The van der Waals surface area contributed by atoms with Crippen molar-refractivity contribution in [1.29, 1.82) is 0 Å². The normalized spacial score (nSPS) is 41.3. The standard InChI is InChI=1S/C23H33N3O7/c1-25(2)12-5-6-13(27)15-10(12)7-9-8-11-17(26(3)4)19(29)16(22(24)32)21(31)23(11,33)20(30)14(9)18(15)28/h9-13,15,17,27,30-31,33H,5-8H2,1-4H3,(H2,24,32)/t9-,10-,11-,12-,13-,15+,17-,23-/m0/s1. The number of primary amides is 1. The van der Waals surface area contributed by atoms with E-state index in [1.165, 1.54) is 4.90 Å². The fourth-order valence-electron chi connectivity index (χ4n) is 6.90. The van der Waals surface area contributed by atoms with Gasteiger partial charge in [-0.2, -0.15) is 0 Å². The Morgan fingerprint density at radius 2 is 1.64 bits per heavy atom. The largest absolute Gasteiger partial charge is 0.508 e. The van der Waals surface area contributed by atoms with Crippen LogP contribution in [0.25, 0.3) is 0 Å². The molecule has 4 aliphatic carbocycles. The molecule has 0 unspecified atom stereocenters. The third-order valence-electron chi connectivity index (χ3n) is 8.31. The quantitative estimate of drug-likeness (QED) is 0.339. The summed E-state index contributed by atoms with van der Waals surface area (Å²) in [5.74, 6) is -6.51. The van der Waals surface area contributed by atoms with Gasteiger partial charge in [0.25, 0.3) is 5.91 Å². The average molecular weight is 464 g/mol. The third-order valence-corrected chi connectivity index (χ3v) is 8.31. The topological polar surface area (TPSA) is 165 Å². The van der Waals surface area contributed by atoms with E-state index in [0.717, 1.165) is 6.42 Å². The lowest BCUT2D eigenvalue weighted by molar-refractivity contribution is -0.142. The molecular formula is C23H33N3O7. The molecule has 0 aromatic heterocycles. The van der Waals surface area contributed by atoms with Crippen molar-refractivity contribution >= 4 is 17.5 Å². The summed E-state index contributed by atoms with van der Waals surface area (Å²) < 4.78 is 0. The van der Waals surface area contributed by atoms with Crippen LogP contribution in [-0.4, -0.2) is 99.7 Å². The molecule has 0 bridgehead atoms. The van der Waals surface area contributed by atoms with E-state index in [1.807, 2.05) is 19.0 Å². The Hall–Kier alpha value is -2.27. The highest BCUT2D eigenvalue weighted by molar-refractivity contribution is 6.22. The number of carbonyl (C=O) groups is 3. The van der Waals surface area contributed by atoms with Crippen LogP contribution in [0.5, 0.6) is 0 Å². The number of ketones is 2. The molecule has 33 heavy (non-hydrogen) atoms. The van der Waals surface area contributed by atoms with E-state index in [0.29, 0.717) is 12.8 Å². The smallest absolute Gasteiger partial charge is 0.255 e. The zero-order chi connectivity index (χ0) is 24.6. The molecule has 0 aliphatic heterocycles. The van der Waals surface area contributed by atoms with E-state index in [2.05, 4.69) is 0 Å². The van der Waals surface area contributed by atoms with Gasteiger partial charge in [0.15, 0.2) is 17.2 Å². The van der Waals surface area contributed by atoms with Gasteiger partial charge in [0.2, 0.25) is 0 Å². The first-order valence-electron chi connectivity index (χ1n) is 11.3. The van der Waals surface area contributed by atoms with Crippen molar-refractivity contribution in [3.63, 3.8) is 0 Å². The van der Waals surface area contributed by atoms with Crippen LogP contribution in [0.3, 0.4) is 0 Å². The molecule has 0 spiro atoms. The molecular weight excluding hydrogens is 430 g/mol. The Balaban J connectivity index is 1.90. The highest BCUT2D eigenvalue weighted by Crippen LogP contribution is 2.55. The number of rotatable bonds is 3. The molecule has 4 rings (SSSR count). The number of likely N-dealkylation sites (N-methyl/N-ethyl adjacent to an activating group) is 1. The Labute approximate surface area is 192 Å².